The predicted molar refractivity (Wildman–Crippen MR) is 106 cm³/mol. The Labute approximate surface area is 164 Å². The average Bonchev–Trinajstić information content (AvgIpc) is 3.34. The van der Waals surface area contributed by atoms with Gasteiger partial charge in [-0.1, -0.05) is 0 Å². The molecule has 2 aliphatic rings. The Morgan fingerprint density at radius 2 is 2.00 bits per heavy atom. The number of aromatic nitrogens is 1. The van der Waals surface area contributed by atoms with Gasteiger partial charge in [-0.3, -0.25) is 9.59 Å². The number of pyridine rings is 1. The third kappa shape index (κ3) is 2.43. The lowest BCUT2D eigenvalue weighted by atomic mass is 10.0. The number of benzene rings is 1. The molecule has 2 aliphatic carbocycles. The molecule has 7 heteroatoms. The molecule has 0 aliphatic heterocycles. The van der Waals surface area contributed by atoms with Crippen molar-refractivity contribution in [3.63, 3.8) is 0 Å². The zero-order chi connectivity index (χ0) is 19.6. The van der Waals surface area contributed by atoms with Gasteiger partial charge in [-0.15, -0.1) is 11.3 Å². The Morgan fingerprint density at radius 1 is 1.21 bits per heavy atom. The van der Waals surface area contributed by atoms with Gasteiger partial charge in [0.1, 0.15) is 5.56 Å². The van der Waals surface area contributed by atoms with Gasteiger partial charge in [-0.25, -0.2) is 4.79 Å². The standard InChI is InChI=1S/C21H17NO5S/c1-27-20-11(17-8-13-15(23)6-7-16(13)28-17)4-5-12-18(20)22(10-2-3-10)9-14(19(12)24)21(25)26/h4-5,8-10H,2-3,6-7H2,1H3,(H,25,26). The molecule has 0 radical (unpaired) electrons. The van der Waals surface area contributed by atoms with Crippen LogP contribution in [0.2, 0.25) is 0 Å². The molecule has 1 N–H and O–H groups in total. The second-order valence-electron chi connectivity index (χ2n) is 7.23. The summed E-state index contributed by atoms with van der Waals surface area (Å²) in [6, 6.07) is 5.54. The van der Waals surface area contributed by atoms with Crippen LogP contribution < -0.4 is 10.2 Å². The quantitative estimate of drug-likeness (QED) is 0.724. The first-order valence-corrected chi connectivity index (χ1v) is 9.96. The number of carboxylic acid groups (broad SMARTS) is 1. The molecule has 2 heterocycles. The lowest BCUT2D eigenvalue weighted by molar-refractivity contribution is 0.0694. The van der Waals surface area contributed by atoms with Gasteiger partial charge >= 0.3 is 5.97 Å². The molecule has 1 aromatic carbocycles. The van der Waals surface area contributed by atoms with Crippen molar-refractivity contribution in [1.82, 2.24) is 4.57 Å². The summed E-state index contributed by atoms with van der Waals surface area (Å²) in [4.78, 5) is 38.3. The van der Waals surface area contributed by atoms with E-state index in [1.54, 1.807) is 30.6 Å². The summed E-state index contributed by atoms with van der Waals surface area (Å²) >= 11 is 1.58. The predicted octanol–water partition coefficient (Wildman–Crippen LogP) is 3.90. The highest BCUT2D eigenvalue weighted by Crippen LogP contribution is 2.45. The first kappa shape index (κ1) is 17.2. The number of hydrogen-bond acceptors (Lipinski definition) is 5. The molecular weight excluding hydrogens is 378 g/mol. The lowest BCUT2D eigenvalue weighted by Crippen LogP contribution is -2.19. The third-order valence-corrected chi connectivity index (χ3v) is 6.70. The Hall–Kier alpha value is -2.93. The fraction of sp³-hybridized carbons (Fsp3) is 0.286. The van der Waals surface area contributed by atoms with Crippen LogP contribution in [0.5, 0.6) is 5.75 Å². The molecule has 0 bridgehead atoms. The topological polar surface area (TPSA) is 85.6 Å². The third-order valence-electron chi connectivity index (χ3n) is 5.48. The minimum absolute atomic E-state index is 0.165. The number of ether oxygens (including phenoxy) is 1. The van der Waals surface area contributed by atoms with Crippen molar-refractivity contribution in [3.8, 4) is 16.2 Å². The molecule has 5 rings (SSSR count). The van der Waals surface area contributed by atoms with E-state index >= 15 is 0 Å². The Balaban J connectivity index is 1.81. The number of thiophene rings is 1. The van der Waals surface area contributed by atoms with Gasteiger partial charge in [0.15, 0.2) is 11.5 Å². The molecule has 0 spiro atoms. The Morgan fingerprint density at radius 3 is 2.64 bits per heavy atom. The van der Waals surface area contributed by atoms with Gasteiger partial charge in [0, 0.05) is 39.5 Å². The number of aromatic carboxylic acids is 1. The molecule has 2 aromatic heterocycles. The fourth-order valence-corrected chi connectivity index (χ4v) is 5.16. The van der Waals surface area contributed by atoms with Crippen LogP contribution >= 0.6 is 11.3 Å². The maximum absolute atomic E-state index is 12.7. The number of carbonyl (C=O) groups excluding carboxylic acids is 1. The normalized spacial score (nSPS) is 15.8. The molecule has 0 amide bonds. The number of hydrogen-bond donors (Lipinski definition) is 1. The first-order valence-electron chi connectivity index (χ1n) is 9.15. The monoisotopic (exact) mass is 395 g/mol. The van der Waals surface area contributed by atoms with E-state index in [4.69, 9.17) is 4.74 Å². The number of aryl methyl sites for hydroxylation is 1. The van der Waals surface area contributed by atoms with Crippen LogP contribution in [-0.2, 0) is 6.42 Å². The number of rotatable bonds is 4. The van der Waals surface area contributed by atoms with Crippen molar-refractivity contribution >= 4 is 34.0 Å². The van der Waals surface area contributed by atoms with Crippen molar-refractivity contribution in [2.45, 2.75) is 31.7 Å². The molecule has 28 heavy (non-hydrogen) atoms. The van der Waals surface area contributed by atoms with Crippen LogP contribution in [0, 0.1) is 0 Å². The summed E-state index contributed by atoms with van der Waals surface area (Å²) < 4.78 is 7.60. The number of carboxylic acids is 1. The van der Waals surface area contributed by atoms with E-state index in [0.717, 1.165) is 40.1 Å². The summed E-state index contributed by atoms with van der Waals surface area (Å²) in [6.07, 6.45) is 4.65. The van der Waals surface area contributed by atoms with Crippen LogP contribution in [-0.4, -0.2) is 28.5 Å². The van der Waals surface area contributed by atoms with Crippen molar-refractivity contribution in [2.75, 3.05) is 7.11 Å². The van der Waals surface area contributed by atoms with Crippen LogP contribution in [0.3, 0.4) is 0 Å². The van der Waals surface area contributed by atoms with Crippen molar-refractivity contribution in [3.05, 3.63) is 50.6 Å². The number of nitrogens with zero attached hydrogens (tertiary/aromatic N) is 1. The highest BCUT2D eigenvalue weighted by atomic mass is 32.1. The Kier molecular flexibility index (Phi) is 3.71. The summed E-state index contributed by atoms with van der Waals surface area (Å²) in [5.41, 5.74) is 1.49. The molecule has 0 atom stereocenters. The van der Waals surface area contributed by atoms with Crippen LogP contribution in [0.15, 0.2) is 29.2 Å². The zero-order valence-electron chi connectivity index (χ0n) is 15.2. The number of ketones is 1. The smallest absolute Gasteiger partial charge is 0.341 e. The molecular formula is C21H17NO5S. The van der Waals surface area contributed by atoms with Gasteiger partial charge in [0.05, 0.1) is 18.0 Å². The molecule has 1 fully saturated rings. The molecule has 0 unspecified atom stereocenters. The minimum Gasteiger partial charge on any atom is -0.494 e. The van der Waals surface area contributed by atoms with E-state index in [2.05, 4.69) is 0 Å². The van der Waals surface area contributed by atoms with Crippen LogP contribution in [0.1, 0.15) is 50.9 Å². The lowest BCUT2D eigenvalue weighted by Gasteiger charge is -2.17. The summed E-state index contributed by atoms with van der Waals surface area (Å²) in [5, 5.41) is 9.77. The van der Waals surface area contributed by atoms with E-state index in [9.17, 15) is 19.5 Å². The van der Waals surface area contributed by atoms with Gasteiger partial charge in [0.25, 0.3) is 0 Å². The number of carbonyl (C=O) groups is 2. The molecule has 142 valence electrons. The number of methoxy groups -OCH3 is 1. The summed E-state index contributed by atoms with van der Waals surface area (Å²) in [6.45, 7) is 0. The van der Waals surface area contributed by atoms with Gasteiger partial charge in [-0.2, -0.15) is 0 Å². The second kappa shape index (κ2) is 6.04. The number of Topliss-reactive ketones (excluding diaryl/α,β-unsaturated/α-hetero) is 1. The second-order valence-corrected chi connectivity index (χ2v) is 8.37. The van der Waals surface area contributed by atoms with Gasteiger partial charge in [-0.05, 0) is 37.5 Å². The largest absolute Gasteiger partial charge is 0.494 e. The SMILES string of the molecule is COc1c(-c2cc3c(s2)CCC3=O)ccc2c(=O)c(C(=O)O)cn(C3CC3)c12. The molecule has 0 saturated heterocycles. The highest BCUT2D eigenvalue weighted by molar-refractivity contribution is 7.16. The van der Waals surface area contributed by atoms with E-state index < -0.39 is 11.4 Å². The molecule has 3 aromatic rings. The van der Waals surface area contributed by atoms with Crippen molar-refractivity contribution < 1.29 is 19.4 Å². The fourth-order valence-electron chi connectivity index (χ4n) is 3.96. The maximum Gasteiger partial charge on any atom is 0.341 e. The summed E-state index contributed by atoms with van der Waals surface area (Å²) in [5.74, 6) is -0.512. The summed E-state index contributed by atoms with van der Waals surface area (Å²) in [7, 11) is 1.55. The number of fused-ring (bicyclic) bond motifs is 2. The average molecular weight is 395 g/mol. The Bertz CT molecular complexity index is 1230. The molecule has 1 saturated carbocycles. The van der Waals surface area contributed by atoms with Gasteiger partial charge in [0.2, 0.25) is 5.43 Å². The van der Waals surface area contributed by atoms with E-state index in [1.165, 1.54) is 6.20 Å². The minimum atomic E-state index is -1.22. The van der Waals surface area contributed by atoms with E-state index in [1.807, 2.05) is 10.6 Å². The van der Waals surface area contributed by atoms with Crippen LogP contribution in [0.4, 0.5) is 0 Å². The highest BCUT2D eigenvalue weighted by Gasteiger charge is 2.30. The van der Waals surface area contributed by atoms with E-state index in [0.29, 0.717) is 23.1 Å². The van der Waals surface area contributed by atoms with Crippen LogP contribution in [0.25, 0.3) is 21.3 Å². The van der Waals surface area contributed by atoms with Crippen molar-refractivity contribution in [2.24, 2.45) is 0 Å². The first-order chi connectivity index (χ1) is 13.5. The molecule has 6 nitrogen and oxygen atoms in total. The maximum atomic E-state index is 12.7. The van der Waals surface area contributed by atoms with Gasteiger partial charge < -0.3 is 14.4 Å². The van der Waals surface area contributed by atoms with E-state index in [-0.39, 0.29) is 17.4 Å². The zero-order valence-corrected chi connectivity index (χ0v) is 16.0. The van der Waals surface area contributed by atoms with Crippen molar-refractivity contribution in [1.29, 1.82) is 0 Å².